The quantitative estimate of drug-likeness (QED) is 0.633. The van der Waals surface area contributed by atoms with Crippen molar-refractivity contribution < 1.29 is 22.3 Å². The van der Waals surface area contributed by atoms with Crippen LogP contribution in [0.25, 0.3) is 0 Å². The number of carbonyl (C=O) groups is 1. The van der Waals surface area contributed by atoms with Crippen LogP contribution in [0.3, 0.4) is 0 Å². The smallest absolute Gasteiger partial charge is 0.254 e. The fourth-order valence-electron chi connectivity index (χ4n) is 4.23. The SMILES string of the molecule is O=C(c1ccc(F)c(S(=O)(=O)N2CCCCC2)c1)N(Cc1cccnc1)CC1CCCO1. The summed E-state index contributed by atoms with van der Waals surface area (Å²) < 4.78 is 47.7. The molecule has 2 saturated heterocycles. The van der Waals surface area contributed by atoms with Gasteiger partial charge in [-0.3, -0.25) is 9.78 Å². The first-order valence-electron chi connectivity index (χ1n) is 11.0. The predicted octanol–water partition coefficient (Wildman–Crippen LogP) is 3.22. The molecule has 1 atom stereocenters. The van der Waals surface area contributed by atoms with Crippen molar-refractivity contribution in [2.24, 2.45) is 0 Å². The molecule has 1 aromatic carbocycles. The van der Waals surface area contributed by atoms with Crippen LogP contribution in [0, 0.1) is 5.82 Å². The average Bonchev–Trinajstić information content (AvgIpc) is 3.33. The lowest BCUT2D eigenvalue weighted by Crippen LogP contribution is -2.38. The van der Waals surface area contributed by atoms with E-state index in [4.69, 9.17) is 4.74 Å². The Balaban J connectivity index is 1.62. The maximum Gasteiger partial charge on any atom is 0.254 e. The number of sulfonamides is 1. The summed E-state index contributed by atoms with van der Waals surface area (Å²) in [5.74, 6) is -1.20. The molecule has 0 aliphatic carbocycles. The summed E-state index contributed by atoms with van der Waals surface area (Å²) in [6.45, 7) is 2.07. The van der Waals surface area contributed by atoms with Crippen LogP contribution in [0.1, 0.15) is 48.0 Å². The van der Waals surface area contributed by atoms with E-state index >= 15 is 0 Å². The van der Waals surface area contributed by atoms with E-state index in [1.165, 1.54) is 16.4 Å². The van der Waals surface area contributed by atoms with E-state index < -0.39 is 20.7 Å². The van der Waals surface area contributed by atoms with E-state index in [2.05, 4.69) is 4.98 Å². The highest BCUT2D eigenvalue weighted by Gasteiger charge is 2.31. The van der Waals surface area contributed by atoms with Crippen molar-refractivity contribution in [3.63, 3.8) is 0 Å². The molecule has 0 saturated carbocycles. The molecule has 32 heavy (non-hydrogen) atoms. The lowest BCUT2D eigenvalue weighted by molar-refractivity contribution is 0.0507. The van der Waals surface area contributed by atoms with Crippen LogP contribution in [-0.2, 0) is 21.3 Å². The maximum absolute atomic E-state index is 14.6. The zero-order valence-electron chi connectivity index (χ0n) is 18.0. The number of hydrogen-bond acceptors (Lipinski definition) is 5. The zero-order chi connectivity index (χ0) is 22.6. The molecular weight excluding hydrogens is 433 g/mol. The van der Waals surface area contributed by atoms with E-state index in [1.54, 1.807) is 23.4 Å². The summed E-state index contributed by atoms with van der Waals surface area (Å²) in [4.78, 5) is 18.7. The summed E-state index contributed by atoms with van der Waals surface area (Å²) in [5, 5.41) is 0. The first kappa shape index (κ1) is 22.8. The van der Waals surface area contributed by atoms with Gasteiger partial charge in [0.05, 0.1) is 6.10 Å². The lowest BCUT2D eigenvalue weighted by Gasteiger charge is -2.27. The van der Waals surface area contributed by atoms with Crippen molar-refractivity contribution in [3.8, 4) is 0 Å². The average molecular weight is 462 g/mol. The van der Waals surface area contributed by atoms with Gasteiger partial charge in [-0.1, -0.05) is 12.5 Å². The minimum atomic E-state index is -4.00. The van der Waals surface area contributed by atoms with E-state index in [0.29, 0.717) is 32.8 Å². The summed E-state index contributed by atoms with van der Waals surface area (Å²) in [6.07, 6.45) is 7.52. The summed E-state index contributed by atoms with van der Waals surface area (Å²) >= 11 is 0. The Morgan fingerprint density at radius 3 is 2.69 bits per heavy atom. The molecule has 0 spiro atoms. The number of nitrogens with zero attached hydrogens (tertiary/aromatic N) is 3. The van der Waals surface area contributed by atoms with Crippen LogP contribution in [0.15, 0.2) is 47.6 Å². The molecule has 4 rings (SSSR count). The number of halogens is 1. The number of ether oxygens (including phenoxy) is 1. The molecule has 1 unspecified atom stereocenters. The van der Waals surface area contributed by atoms with Crippen molar-refractivity contribution in [2.45, 2.75) is 49.6 Å². The fourth-order valence-corrected chi connectivity index (χ4v) is 5.83. The van der Waals surface area contributed by atoms with Gasteiger partial charge in [0.25, 0.3) is 5.91 Å². The number of piperidine rings is 1. The van der Waals surface area contributed by atoms with Gasteiger partial charge in [-0.2, -0.15) is 4.31 Å². The van der Waals surface area contributed by atoms with Crippen LogP contribution in [-0.4, -0.2) is 60.9 Å². The first-order chi connectivity index (χ1) is 15.4. The third-order valence-corrected chi connectivity index (χ3v) is 7.86. The minimum Gasteiger partial charge on any atom is -0.376 e. The van der Waals surface area contributed by atoms with Crippen molar-refractivity contribution >= 4 is 15.9 Å². The van der Waals surface area contributed by atoms with E-state index in [-0.39, 0.29) is 17.6 Å². The van der Waals surface area contributed by atoms with Crippen LogP contribution in [0.5, 0.6) is 0 Å². The Morgan fingerprint density at radius 1 is 1.19 bits per heavy atom. The molecule has 1 amide bonds. The number of hydrogen-bond donors (Lipinski definition) is 0. The highest BCUT2D eigenvalue weighted by atomic mass is 32.2. The molecule has 2 fully saturated rings. The largest absolute Gasteiger partial charge is 0.376 e. The first-order valence-corrected chi connectivity index (χ1v) is 12.5. The van der Waals surface area contributed by atoms with Crippen LogP contribution in [0.2, 0.25) is 0 Å². The Hall–Kier alpha value is -2.36. The zero-order valence-corrected chi connectivity index (χ0v) is 18.8. The van der Waals surface area contributed by atoms with E-state index in [9.17, 15) is 17.6 Å². The van der Waals surface area contributed by atoms with Crippen LogP contribution >= 0.6 is 0 Å². The monoisotopic (exact) mass is 461 g/mol. The van der Waals surface area contributed by atoms with Crippen molar-refractivity contribution in [2.75, 3.05) is 26.2 Å². The lowest BCUT2D eigenvalue weighted by atomic mass is 10.1. The number of rotatable bonds is 7. The molecule has 0 radical (unpaired) electrons. The molecule has 172 valence electrons. The van der Waals surface area contributed by atoms with Gasteiger partial charge < -0.3 is 9.64 Å². The van der Waals surface area contributed by atoms with Crippen molar-refractivity contribution in [1.29, 1.82) is 0 Å². The van der Waals surface area contributed by atoms with E-state index in [1.807, 2.05) is 6.07 Å². The van der Waals surface area contributed by atoms with Crippen LogP contribution < -0.4 is 0 Å². The Morgan fingerprint density at radius 2 is 2.00 bits per heavy atom. The van der Waals surface area contributed by atoms with Gasteiger partial charge in [-0.25, -0.2) is 12.8 Å². The van der Waals surface area contributed by atoms with E-state index in [0.717, 1.165) is 43.7 Å². The number of benzene rings is 1. The molecule has 2 aromatic rings. The summed E-state index contributed by atoms with van der Waals surface area (Å²) in [6, 6.07) is 7.26. The van der Waals surface area contributed by atoms with Crippen LogP contribution in [0.4, 0.5) is 4.39 Å². The van der Waals surface area contributed by atoms with Gasteiger partial charge in [-0.15, -0.1) is 0 Å². The molecule has 9 heteroatoms. The Labute approximate surface area is 188 Å². The highest BCUT2D eigenvalue weighted by Crippen LogP contribution is 2.25. The van der Waals surface area contributed by atoms with Crippen molar-refractivity contribution in [3.05, 3.63) is 59.7 Å². The normalized spacial score (nSPS) is 19.7. The van der Waals surface area contributed by atoms with Gasteiger partial charge in [0.1, 0.15) is 10.7 Å². The molecule has 0 N–H and O–H groups in total. The van der Waals surface area contributed by atoms with Gasteiger partial charge in [-0.05, 0) is 55.5 Å². The molecule has 3 heterocycles. The molecule has 2 aliphatic rings. The van der Waals surface area contributed by atoms with Crippen molar-refractivity contribution in [1.82, 2.24) is 14.2 Å². The summed E-state index contributed by atoms with van der Waals surface area (Å²) in [7, 11) is -4.00. The molecule has 7 nitrogen and oxygen atoms in total. The fraction of sp³-hybridized carbons (Fsp3) is 0.478. The predicted molar refractivity (Wildman–Crippen MR) is 117 cm³/mol. The number of aromatic nitrogens is 1. The molecule has 2 aliphatic heterocycles. The summed E-state index contributed by atoms with van der Waals surface area (Å²) in [5.41, 5.74) is 0.992. The van der Waals surface area contributed by atoms with Gasteiger partial charge in [0.2, 0.25) is 10.0 Å². The van der Waals surface area contributed by atoms with Gasteiger partial charge in [0.15, 0.2) is 0 Å². The maximum atomic E-state index is 14.6. The minimum absolute atomic E-state index is 0.0763. The topological polar surface area (TPSA) is 79.8 Å². The Bertz CT molecular complexity index is 1040. The number of carbonyl (C=O) groups excluding carboxylic acids is 1. The molecule has 0 bridgehead atoms. The number of amides is 1. The third kappa shape index (κ3) is 5.16. The Kier molecular flexibility index (Phi) is 7.17. The standard InChI is InChI=1S/C23H28FN3O4S/c24-21-9-8-19(14-22(21)32(29,30)27-11-2-1-3-12-27)23(28)26(17-20-7-5-13-31-20)16-18-6-4-10-25-15-18/h4,6,8-10,14-15,20H,1-3,5,7,11-13,16-17H2. The second kappa shape index (κ2) is 10.1. The number of pyridine rings is 1. The second-order valence-corrected chi connectivity index (χ2v) is 10.2. The second-order valence-electron chi connectivity index (χ2n) is 8.29. The van der Waals surface area contributed by atoms with Gasteiger partial charge in [0, 0.05) is 50.7 Å². The highest BCUT2D eigenvalue weighted by molar-refractivity contribution is 7.89. The third-order valence-electron chi connectivity index (χ3n) is 5.94. The van der Waals surface area contributed by atoms with Gasteiger partial charge >= 0.3 is 0 Å². The molecular formula is C23H28FN3O4S. The molecule has 1 aromatic heterocycles.